The highest BCUT2D eigenvalue weighted by Gasteiger charge is 1.77. The average molecular weight is 84.1 g/mol. The van der Waals surface area contributed by atoms with Crippen molar-refractivity contribution < 1.29 is 4.79 Å². The molecule has 0 aromatic rings. The summed E-state index contributed by atoms with van der Waals surface area (Å²) in [5.74, 6) is 0. The zero-order valence-corrected chi connectivity index (χ0v) is 3.90. The average Bonchev–Trinajstić information content (AvgIpc) is 1.65. The van der Waals surface area contributed by atoms with Crippen molar-refractivity contribution in [2.24, 2.45) is 0 Å². The van der Waals surface area contributed by atoms with Gasteiger partial charge in [-0.25, -0.2) is 0 Å². The van der Waals surface area contributed by atoms with Gasteiger partial charge < -0.3 is 0 Å². The molecule has 0 aliphatic carbocycles. The smallest absolute Gasteiger partial charge is 0.145 e. The lowest BCUT2D eigenvalue weighted by Gasteiger charge is -1.79. The van der Waals surface area contributed by atoms with Gasteiger partial charge in [0.25, 0.3) is 0 Å². The molecule has 0 heterocycles. The summed E-state index contributed by atoms with van der Waals surface area (Å²) in [6.45, 7) is 5.32. The fourth-order valence-corrected chi connectivity index (χ4v) is 0.0833. The van der Waals surface area contributed by atoms with Crippen molar-refractivity contribution in [3.05, 3.63) is 12.2 Å². The Balaban J connectivity index is 3.23. The maximum atomic E-state index is 9.64. The van der Waals surface area contributed by atoms with E-state index in [2.05, 4.69) is 6.58 Å². The highest BCUT2D eigenvalue weighted by molar-refractivity contribution is 5.71. The molecular formula is C5H8O. The number of carbonyl (C=O) groups excluding carboxylic acids is 1. The van der Waals surface area contributed by atoms with Gasteiger partial charge in [-0.2, -0.15) is 0 Å². The molecule has 0 amide bonds. The van der Waals surface area contributed by atoms with Gasteiger partial charge in [-0.05, 0) is 12.0 Å². The lowest BCUT2D eigenvalue weighted by molar-refractivity contribution is -0.105. The first kappa shape index (κ1) is 5.41. The zero-order chi connectivity index (χ0) is 4.99. The first-order chi connectivity index (χ1) is 2.81. The maximum absolute atomic E-state index is 9.64. The van der Waals surface area contributed by atoms with Crippen molar-refractivity contribution in [1.29, 1.82) is 0 Å². The lowest BCUT2D eigenvalue weighted by Crippen LogP contribution is -1.73. The molecule has 0 radical (unpaired) electrons. The SMILES string of the molecule is C=C(C=O)CC. The zero-order valence-electron chi connectivity index (χ0n) is 3.90. The van der Waals surface area contributed by atoms with E-state index in [0.717, 1.165) is 12.7 Å². The van der Waals surface area contributed by atoms with Crippen LogP contribution < -0.4 is 0 Å². The molecule has 0 aliphatic rings. The van der Waals surface area contributed by atoms with Crippen LogP contribution in [0.5, 0.6) is 0 Å². The van der Waals surface area contributed by atoms with Gasteiger partial charge in [-0.3, -0.25) is 4.79 Å². The number of rotatable bonds is 2. The normalized spacial score (nSPS) is 7.50. The van der Waals surface area contributed by atoms with Gasteiger partial charge in [0, 0.05) is 0 Å². The van der Waals surface area contributed by atoms with Gasteiger partial charge in [-0.1, -0.05) is 13.5 Å². The third-order valence-electron chi connectivity index (χ3n) is 0.621. The number of carbonyl (C=O) groups is 1. The topological polar surface area (TPSA) is 17.1 Å². The molecule has 0 aromatic heterocycles. The molecule has 0 aromatic carbocycles. The summed E-state index contributed by atoms with van der Waals surface area (Å²) in [6, 6.07) is 0. The van der Waals surface area contributed by atoms with Crippen LogP contribution in [0.3, 0.4) is 0 Å². The summed E-state index contributed by atoms with van der Waals surface area (Å²) in [7, 11) is 0. The van der Waals surface area contributed by atoms with Crippen molar-refractivity contribution in [2.75, 3.05) is 0 Å². The van der Waals surface area contributed by atoms with Crippen molar-refractivity contribution in [1.82, 2.24) is 0 Å². The first-order valence-corrected chi connectivity index (χ1v) is 1.94. The second-order valence-corrected chi connectivity index (χ2v) is 1.13. The van der Waals surface area contributed by atoms with Gasteiger partial charge in [0.05, 0.1) is 0 Å². The van der Waals surface area contributed by atoms with Gasteiger partial charge >= 0.3 is 0 Å². The van der Waals surface area contributed by atoms with E-state index in [1.807, 2.05) is 6.92 Å². The van der Waals surface area contributed by atoms with E-state index < -0.39 is 0 Å². The molecule has 0 bridgehead atoms. The van der Waals surface area contributed by atoms with E-state index in [-0.39, 0.29) is 0 Å². The van der Waals surface area contributed by atoms with Gasteiger partial charge in [0.15, 0.2) is 0 Å². The maximum Gasteiger partial charge on any atom is 0.145 e. The third kappa shape index (κ3) is 1.70. The van der Waals surface area contributed by atoms with Crippen LogP contribution in [-0.4, -0.2) is 6.29 Å². The Morgan fingerprint density at radius 3 is 2.50 bits per heavy atom. The number of hydrogen-bond donors (Lipinski definition) is 0. The molecule has 0 atom stereocenters. The lowest BCUT2D eigenvalue weighted by atomic mass is 10.3. The Morgan fingerprint density at radius 1 is 2.00 bits per heavy atom. The van der Waals surface area contributed by atoms with E-state index >= 15 is 0 Å². The van der Waals surface area contributed by atoms with Crippen LogP contribution in [0.1, 0.15) is 13.3 Å². The molecule has 6 heavy (non-hydrogen) atoms. The Labute approximate surface area is 37.7 Å². The first-order valence-electron chi connectivity index (χ1n) is 1.94. The second kappa shape index (κ2) is 2.64. The van der Waals surface area contributed by atoms with Crippen LogP contribution in [-0.2, 0) is 4.79 Å². The van der Waals surface area contributed by atoms with Crippen LogP contribution in [0.2, 0.25) is 0 Å². The van der Waals surface area contributed by atoms with E-state index in [1.54, 1.807) is 0 Å². The molecule has 0 rings (SSSR count). The number of hydrogen-bond acceptors (Lipinski definition) is 1. The standard InChI is InChI=1S/C5H8O/c1-3-5(2)4-6/h4H,2-3H2,1H3. The molecular weight excluding hydrogens is 76.1 g/mol. The van der Waals surface area contributed by atoms with Crippen LogP contribution in [0.4, 0.5) is 0 Å². The molecule has 0 N–H and O–H groups in total. The minimum absolute atomic E-state index is 0.662. The summed E-state index contributed by atoms with van der Waals surface area (Å²) in [4.78, 5) is 9.64. The molecule has 0 saturated heterocycles. The molecule has 0 fully saturated rings. The molecule has 1 heteroatoms. The molecule has 1 nitrogen and oxygen atoms in total. The van der Waals surface area contributed by atoms with Crippen LogP contribution in [0.25, 0.3) is 0 Å². The monoisotopic (exact) mass is 84.1 g/mol. The molecule has 34 valence electrons. The quantitative estimate of drug-likeness (QED) is 0.362. The summed E-state index contributed by atoms with van der Waals surface area (Å²) >= 11 is 0. The second-order valence-electron chi connectivity index (χ2n) is 1.13. The van der Waals surface area contributed by atoms with Crippen LogP contribution in [0, 0.1) is 0 Å². The molecule has 0 saturated carbocycles. The molecule has 0 spiro atoms. The van der Waals surface area contributed by atoms with Gasteiger partial charge in [0.2, 0.25) is 0 Å². The minimum Gasteiger partial charge on any atom is -0.298 e. The van der Waals surface area contributed by atoms with E-state index in [9.17, 15) is 4.79 Å². The van der Waals surface area contributed by atoms with Crippen molar-refractivity contribution >= 4 is 6.29 Å². The van der Waals surface area contributed by atoms with Gasteiger partial charge in [0.1, 0.15) is 6.29 Å². The summed E-state index contributed by atoms with van der Waals surface area (Å²) < 4.78 is 0. The predicted molar refractivity (Wildman–Crippen MR) is 25.5 cm³/mol. The van der Waals surface area contributed by atoms with E-state index in [4.69, 9.17) is 0 Å². The number of aldehydes is 1. The third-order valence-corrected chi connectivity index (χ3v) is 0.621. The van der Waals surface area contributed by atoms with Crippen molar-refractivity contribution in [3.8, 4) is 0 Å². The fourth-order valence-electron chi connectivity index (χ4n) is 0.0833. The molecule has 0 aliphatic heterocycles. The summed E-state index contributed by atoms with van der Waals surface area (Å²) in [6.07, 6.45) is 1.55. The van der Waals surface area contributed by atoms with Crippen molar-refractivity contribution in [2.45, 2.75) is 13.3 Å². The highest BCUT2D eigenvalue weighted by Crippen LogP contribution is 1.86. The predicted octanol–water partition coefficient (Wildman–Crippen LogP) is 1.15. The summed E-state index contributed by atoms with van der Waals surface area (Å²) in [5, 5.41) is 0. The van der Waals surface area contributed by atoms with Gasteiger partial charge in [-0.15, -0.1) is 0 Å². The van der Waals surface area contributed by atoms with Crippen LogP contribution in [0.15, 0.2) is 12.2 Å². The largest absolute Gasteiger partial charge is 0.298 e. The Hall–Kier alpha value is -0.590. The molecule has 0 unspecified atom stereocenters. The van der Waals surface area contributed by atoms with E-state index in [1.165, 1.54) is 0 Å². The number of allylic oxidation sites excluding steroid dienone is 1. The Morgan fingerprint density at radius 2 is 2.50 bits per heavy atom. The van der Waals surface area contributed by atoms with Crippen molar-refractivity contribution in [3.63, 3.8) is 0 Å². The highest BCUT2D eigenvalue weighted by atomic mass is 16.1. The Bertz CT molecular complexity index is 64.3. The minimum atomic E-state index is 0.662. The fraction of sp³-hybridized carbons (Fsp3) is 0.400. The summed E-state index contributed by atoms with van der Waals surface area (Å²) in [5.41, 5.74) is 0.662. The van der Waals surface area contributed by atoms with Crippen LogP contribution >= 0.6 is 0 Å². The Kier molecular flexibility index (Phi) is 2.38. The van der Waals surface area contributed by atoms with E-state index in [0.29, 0.717) is 5.57 Å².